The molecular weight excluding hydrogens is 452 g/mol. The summed E-state index contributed by atoms with van der Waals surface area (Å²) in [5, 5.41) is 0.829. The van der Waals surface area contributed by atoms with E-state index in [1.54, 1.807) is 6.33 Å². The summed E-state index contributed by atoms with van der Waals surface area (Å²) in [5.41, 5.74) is 12.7. The molecule has 3 heterocycles. The summed E-state index contributed by atoms with van der Waals surface area (Å²) in [4.78, 5) is 30.8. The summed E-state index contributed by atoms with van der Waals surface area (Å²) in [6, 6.07) is 18.0. The van der Waals surface area contributed by atoms with Crippen molar-refractivity contribution in [3.05, 3.63) is 89.6 Å². The SMILES string of the molecule is Nc1ncnc2c1ncn2CCCOC(=O)c1c2c(nc3ccccc13)/C(=C\c1ccccc1)CC2. The number of allylic oxidation sites excluding steroid dienone is 1. The van der Waals surface area contributed by atoms with Crippen LogP contribution in [0, 0.1) is 0 Å². The van der Waals surface area contributed by atoms with Crippen molar-refractivity contribution in [3.63, 3.8) is 0 Å². The highest BCUT2D eigenvalue weighted by Crippen LogP contribution is 2.37. The number of para-hydroxylation sites is 1. The van der Waals surface area contributed by atoms with Gasteiger partial charge in [0.15, 0.2) is 11.5 Å². The topological polar surface area (TPSA) is 109 Å². The van der Waals surface area contributed by atoms with E-state index < -0.39 is 0 Å². The Kier molecular flexibility index (Phi) is 5.61. The molecule has 0 unspecified atom stereocenters. The molecule has 2 aromatic carbocycles. The van der Waals surface area contributed by atoms with Crippen LogP contribution in [0.3, 0.4) is 0 Å². The van der Waals surface area contributed by atoms with Crippen molar-refractivity contribution in [2.75, 3.05) is 12.3 Å². The second-order valence-corrected chi connectivity index (χ2v) is 8.77. The van der Waals surface area contributed by atoms with Gasteiger partial charge in [-0.1, -0.05) is 48.5 Å². The zero-order chi connectivity index (χ0) is 24.5. The van der Waals surface area contributed by atoms with Gasteiger partial charge >= 0.3 is 5.97 Å². The molecule has 3 aromatic heterocycles. The molecule has 0 fully saturated rings. The summed E-state index contributed by atoms with van der Waals surface area (Å²) >= 11 is 0. The van der Waals surface area contributed by atoms with Gasteiger partial charge in [0.25, 0.3) is 0 Å². The molecule has 0 bridgehead atoms. The van der Waals surface area contributed by atoms with Crippen LogP contribution >= 0.6 is 0 Å². The maximum absolute atomic E-state index is 13.4. The van der Waals surface area contributed by atoms with Crippen molar-refractivity contribution < 1.29 is 9.53 Å². The molecule has 8 nitrogen and oxygen atoms in total. The number of carbonyl (C=O) groups is 1. The Balaban J connectivity index is 1.24. The van der Waals surface area contributed by atoms with E-state index in [2.05, 4.69) is 33.2 Å². The minimum absolute atomic E-state index is 0.275. The van der Waals surface area contributed by atoms with E-state index in [-0.39, 0.29) is 12.6 Å². The number of aromatic nitrogens is 5. The Hall–Kier alpha value is -4.59. The van der Waals surface area contributed by atoms with E-state index in [1.165, 1.54) is 6.33 Å². The molecule has 178 valence electrons. The minimum Gasteiger partial charge on any atom is -0.462 e. The van der Waals surface area contributed by atoms with Crippen molar-refractivity contribution in [3.8, 4) is 0 Å². The third kappa shape index (κ3) is 3.96. The number of rotatable bonds is 6. The smallest absolute Gasteiger partial charge is 0.339 e. The Morgan fingerprint density at radius 3 is 2.75 bits per heavy atom. The zero-order valence-electron chi connectivity index (χ0n) is 19.6. The third-order valence-electron chi connectivity index (χ3n) is 6.49. The lowest BCUT2D eigenvalue weighted by Crippen LogP contribution is -2.12. The van der Waals surface area contributed by atoms with Crippen LogP contribution in [0.25, 0.3) is 33.7 Å². The number of benzene rings is 2. The monoisotopic (exact) mass is 476 g/mol. The van der Waals surface area contributed by atoms with E-state index in [9.17, 15) is 4.79 Å². The number of nitrogens with zero attached hydrogens (tertiary/aromatic N) is 5. The molecule has 0 atom stereocenters. The molecule has 0 amide bonds. The summed E-state index contributed by atoms with van der Waals surface area (Å²) in [6.45, 7) is 0.872. The molecule has 0 aliphatic heterocycles. The van der Waals surface area contributed by atoms with Crippen LogP contribution in [0.2, 0.25) is 0 Å². The van der Waals surface area contributed by atoms with Gasteiger partial charge < -0.3 is 15.0 Å². The molecule has 5 aromatic rings. The van der Waals surface area contributed by atoms with Crippen molar-refractivity contribution in [1.29, 1.82) is 0 Å². The van der Waals surface area contributed by atoms with E-state index >= 15 is 0 Å². The number of hydrogen-bond acceptors (Lipinski definition) is 7. The lowest BCUT2D eigenvalue weighted by molar-refractivity contribution is 0.0497. The quantitative estimate of drug-likeness (QED) is 0.280. The Bertz CT molecular complexity index is 1620. The van der Waals surface area contributed by atoms with Gasteiger partial charge in [-0.3, -0.25) is 0 Å². The number of esters is 1. The number of pyridine rings is 1. The molecule has 0 saturated carbocycles. The predicted octanol–water partition coefficient (Wildman–Crippen LogP) is 4.69. The molecule has 0 radical (unpaired) electrons. The summed E-state index contributed by atoms with van der Waals surface area (Å²) in [5.74, 6) is 0.0390. The first-order valence-corrected chi connectivity index (χ1v) is 11.9. The second-order valence-electron chi connectivity index (χ2n) is 8.77. The molecule has 1 aliphatic carbocycles. The van der Waals surface area contributed by atoms with E-state index in [1.807, 2.05) is 47.0 Å². The molecule has 2 N–H and O–H groups in total. The van der Waals surface area contributed by atoms with Gasteiger partial charge in [0.1, 0.15) is 11.8 Å². The fourth-order valence-corrected chi connectivity index (χ4v) is 4.80. The van der Waals surface area contributed by atoms with Crippen LogP contribution in [0.4, 0.5) is 5.82 Å². The largest absolute Gasteiger partial charge is 0.462 e. The third-order valence-corrected chi connectivity index (χ3v) is 6.49. The van der Waals surface area contributed by atoms with E-state index in [0.29, 0.717) is 35.5 Å². The predicted molar refractivity (Wildman–Crippen MR) is 139 cm³/mol. The number of carbonyl (C=O) groups excluding carboxylic acids is 1. The standard InChI is InChI=1S/C28H24N6O2/c29-26-25-27(31-16-30-26)34(17-32-25)13-6-14-36-28(35)23-20-9-4-5-10-22(20)33-24-19(11-12-21(23)24)15-18-7-2-1-3-8-18/h1-5,7-10,15-17H,6,11-14H2,(H2,29,30,31)/b19-15-. The molecule has 1 aliphatic rings. The van der Waals surface area contributed by atoms with E-state index in [4.69, 9.17) is 15.5 Å². The van der Waals surface area contributed by atoms with Gasteiger partial charge in [-0.15, -0.1) is 0 Å². The van der Waals surface area contributed by atoms with Crippen LogP contribution in [0.5, 0.6) is 0 Å². The lowest BCUT2D eigenvalue weighted by Gasteiger charge is -2.12. The van der Waals surface area contributed by atoms with Gasteiger partial charge in [-0.05, 0) is 48.1 Å². The maximum Gasteiger partial charge on any atom is 0.339 e. The van der Waals surface area contributed by atoms with E-state index in [0.717, 1.165) is 46.1 Å². The number of nitrogen functional groups attached to an aromatic ring is 1. The number of nitrogens with two attached hydrogens (primary N) is 1. The van der Waals surface area contributed by atoms with Crippen LogP contribution in [0.1, 0.15) is 40.0 Å². The first-order valence-electron chi connectivity index (χ1n) is 11.9. The maximum atomic E-state index is 13.4. The van der Waals surface area contributed by atoms with Crippen LogP contribution in [0.15, 0.2) is 67.3 Å². The van der Waals surface area contributed by atoms with Gasteiger partial charge in [0.05, 0.1) is 29.7 Å². The van der Waals surface area contributed by atoms with Crippen molar-refractivity contribution in [2.24, 2.45) is 0 Å². The Morgan fingerprint density at radius 2 is 1.86 bits per heavy atom. The van der Waals surface area contributed by atoms with Crippen LogP contribution in [-0.2, 0) is 17.7 Å². The first kappa shape index (κ1) is 21.9. The van der Waals surface area contributed by atoms with Gasteiger partial charge in [-0.25, -0.2) is 24.7 Å². The molecule has 0 saturated heterocycles. The van der Waals surface area contributed by atoms with Crippen molar-refractivity contribution in [1.82, 2.24) is 24.5 Å². The number of anilines is 1. The highest BCUT2D eigenvalue weighted by molar-refractivity contribution is 6.07. The lowest BCUT2D eigenvalue weighted by atomic mass is 10.0. The van der Waals surface area contributed by atoms with Gasteiger partial charge in [0.2, 0.25) is 0 Å². The highest BCUT2D eigenvalue weighted by atomic mass is 16.5. The number of hydrogen-bond donors (Lipinski definition) is 1. The first-order chi connectivity index (χ1) is 17.7. The number of imidazole rings is 1. The molecule has 6 rings (SSSR count). The fraction of sp³-hybridized carbons (Fsp3) is 0.179. The van der Waals surface area contributed by atoms with Crippen molar-refractivity contribution >= 4 is 45.5 Å². The van der Waals surface area contributed by atoms with Crippen LogP contribution < -0.4 is 5.73 Å². The Morgan fingerprint density at radius 1 is 1.03 bits per heavy atom. The van der Waals surface area contributed by atoms with Crippen LogP contribution in [-0.4, -0.2) is 37.1 Å². The summed E-state index contributed by atoms with van der Waals surface area (Å²) in [6.07, 6.45) is 7.48. The average molecular weight is 477 g/mol. The summed E-state index contributed by atoms with van der Waals surface area (Å²) in [7, 11) is 0. The second kappa shape index (κ2) is 9.22. The Labute approximate surface area is 207 Å². The normalized spacial score (nSPS) is 13.9. The average Bonchev–Trinajstić information content (AvgIpc) is 3.50. The zero-order valence-corrected chi connectivity index (χ0v) is 19.6. The molecule has 8 heteroatoms. The van der Waals surface area contributed by atoms with Crippen molar-refractivity contribution in [2.45, 2.75) is 25.8 Å². The molecular formula is C28H24N6O2. The number of aryl methyl sites for hydroxylation is 1. The number of ether oxygens (including phenoxy) is 1. The number of fused-ring (bicyclic) bond motifs is 3. The van der Waals surface area contributed by atoms with Gasteiger partial charge in [0, 0.05) is 11.9 Å². The molecule has 0 spiro atoms. The highest BCUT2D eigenvalue weighted by Gasteiger charge is 2.27. The minimum atomic E-state index is -0.312. The van der Waals surface area contributed by atoms with Gasteiger partial charge in [-0.2, -0.15) is 0 Å². The summed E-state index contributed by atoms with van der Waals surface area (Å²) < 4.78 is 7.66. The fourth-order valence-electron chi connectivity index (χ4n) is 4.80. The molecule has 36 heavy (non-hydrogen) atoms.